The van der Waals surface area contributed by atoms with E-state index < -0.39 is 0 Å². The maximum Gasteiger partial charge on any atom is 0.271 e. The van der Waals surface area contributed by atoms with Crippen molar-refractivity contribution in [2.75, 3.05) is 4.90 Å². The third-order valence-corrected chi connectivity index (χ3v) is 7.97. The molecule has 0 saturated carbocycles. The zero-order chi connectivity index (χ0) is 27.2. The molecule has 1 amide bonds. The van der Waals surface area contributed by atoms with E-state index >= 15 is 0 Å². The topological polar surface area (TPSA) is 41.9 Å². The van der Waals surface area contributed by atoms with Gasteiger partial charge in [-0.1, -0.05) is 78.3 Å². The second-order valence-electron chi connectivity index (χ2n) is 9.17. The van der Waals surface area contributed by atoms with Gasteiger partial charge in [0.15, 0.2) is 5.17 Å². The molecule has 0 aliphatic carbocycles. The number of thioether (sulfide) groups is 1. The number of hydrogen-bond acceptors (Lipinski definition) is 4. The fraction of sp³-hybridized carbons (Fsp3) is 0.152. The first-order chi connectivity index (χ1) is 19.0. The van der Waals surface area contributed by atoms with Gasteiger partial charge in [-0.25, -0.2) is 4.99 Å². The first-order valence-electron chi connectivity index (χ1n) is 13.0. The summed E-state index contributed by atoms with van der Waals surface area (Å²) >= 11 is 4.85. The van der Waals surface area contributed by atoms with Crippen LogP contribution in [0.1, 0.15) is 36.1 Å². The standard InChI is InChI=1S/C33H29BrN2O2S/c1-3-23-7-15-28(16-8-23)35-33-36(29-17-9-24(4-2)10-18-29)32(37)31(39-33)21-25-11-19-30(20-12-25)38-22-26-5-13-27(34)14-6-26/h5-21H,3-4,22H2,1-2H3/b31-21-,35-33?. The fourth-order valence-corrected chi connectivity index (χ4v) is 5.40. The molecule has 1 saturated heterocycles. The molecule has 0 unspecified atom stereocenters. The van der Waals surface area contributed by atoms with Crippen molar-refractivity contribution in [2.24, 2.45) is 4.99 Å². The minimum absolute atomic E-state index is 0.0799. The van der Waals surface area contributed by atoms with Gasteiger partial charge in [-0.2, -0.15) is 0 Å². The molecule has 5 rings (SSSR count). The number of amidine groups is 1. The van der Waals surface area contributed by atoms with Crippen LogP contribution in [0.4, 0.5) is 11.4 Å². The van der Waals surface area contributed by atoms with Gasteiger partial charge in [-0.3, -0.25) is 9.69 Å². The lowest BCUT2D eigenvalue weighted by Crippen LogP contribution is -2.28. The fourth-order valence-electron chi connectivity index (χ4n) is 4.13. The van der Waals surface area contributed by atoms with Crippen molar-refractivity contribution in [2.45, 2.75) is 33.3 Å². The third-order valence-electron chi connectivity index (χ3n) is 6.48. The zero-order valence-corrected chi connectivity index (χ0v) is 24.3. The van der Waals surface area contributed by atoms with Crippen LogP contribution in [-0.2, 0) is 24.2 Å². The molecule has 0 N–H and O–H groups in total. The highest BCUT2D eigenvalue weighted by molar-refractivity contribution is 9.10. The number of aliphatic imine (C=N–C) groups is 1. The lowest BCUT2D eigenvalue weighted by Gasteiger charge is -2.16. The number of aryl methyl sites for hydroxylation is 2. The molecule has 4 nitrogen and oxygen atoms in total. The Hall–Kier alpha value is -3.61. The molecule has 6 heteroatoms. The first kappa shape index (κ1) is 27.0. The molecule has 1 heterocycles. The summed E-state index contributed by atoms with van der Waals surface area (Å²) in [7, 11) is 0. The van der Waals surface area contributed by atoms with E-state index in [1.54, 1.807) is 4.90 Å². The summed E-state index contributed by atoms with van der Waals surface area (Å²) < 4.78 is 6.98. The lowest BCUT2D eigenvalue weighted by atomic mass is 10.1. The minimum atomic E-state index is -0.0799. The van der Waals surface area contributed by atoms with Crippen LogP contribution in [0.15, 0.2) is 111 Å². The Morgan fingerprint density at radius 2 is 1.38 bits per heavy atom. The maximum absolute atomic E-state index is 13.6. The van der Waals surface area contributed by atoms with E-state index in [1.807, 2.05) is 78.9 Å². The zero-order valence-electron chi connectivity index (χ0n) is 21.9. The van der Waals surface area contributed by atoms with E-state index in [4.69, 9.17) is 9.73 Å². The lowest BCUT2D eigenvalue weighted by molar-refractivity contribution is -0.113. The molecular weight excluding hydrogens is 568 g/mol. The molecular formula is C33H29BrN2O2S. The predicted molar refractivity (Wildman–Crippen MR) is 167 cm³/mol. The van der Waals surface area contributed by atoms with E-state index in [0.29, 0.717) is 16.7 Å². The quantitative estimate of drug-likeness (QED) is 0.191. The number of carbonyl (C=O) groups is 1. The molecule has 1 fully saturated rings. The van der Waals surface area contributed by atoms with Crippen LogP contribution in [0.25, 0.3) is 6.08 Å². The van der Waals surface area contributed by atoms with E-state index in [9.17, 15) is 4.79 Å². The molecule has 0 bridgehead atoms. The summed E-state index contributed by atoms with van der Waals surface area (Å²) in [6.07, 6.45) is 3.84. The van der Waals surface area contributed by atoms with Gasteiger partial charge >= 0.3 is 0 Å². The number of hydrogen-bond donors (Lipinski definition) is 0. The van der Waals surface area contributed by atoms with Gasteiger partial charge in [0.25, 0.3) is 5.91 Å². The highest BCUT2D eigenvalue weighted by Gasteiger charge is 2.34. The molecule has 0 radical (unpaired) electrons. The van der Waals surface area contributed by atoms with Crippen LogP contribution in [0.2, 0.25) is 0 Å². The number of rotatable bonds is 8. The predicted octanol–water partition coefficient (Wildman–Crippen LogP) is 8.96. The monoisotopic (exact) mass is 596 g/mol. The Morgan fingerprint density at radius 1 is 0.795 bits per heavy atom. The molecule has 0 spiro atoms. The summed E-state index contributed by atoms with van der Waals surface area (Å²) in [5.74, 6) is 0.699. The summed E-state index contributed by atoms with van der Waals surface area (Å²) in [4.78, 5) is 20.8. The molecule has 0 atom stereocenters. The van der Waals surface area contributed by atoms with Crippen molar-refractivity contribution >= 4 is 56.2 Å². The van der Waals surface area contributed by atoms with Crippen LogP contribution < -0.4 is 9.64 Å². The van der Waals surface area contributed by atoms with Gasteiger partial charge < -0.3 is 4.74 Å². The van der Waals surface area contributed by atoms with Crippen LogP contribution in [0, 0.1) is 0 Å². The van der Waals surface area contributed by atoms with Crippen molar-refractivity contribution in [3.8, 4) is 5.75 Å². The molecule has 0 aromatic heterocycles. The van der Waals surface area contributed by atoms with E-state index in [0.717, 1.165) is 45.6 Å². The van der Waals surface area contributed by atoms with Gasteiger partial charge in [-0.05, 0) is 101 Å². The molecule has 1 aliphatic rings. The number of halogens is 1. The maximum atomic E-state index is 13.6. The SMILES string of the molecule is CCc1ccc(N=C2S/C(=C\c3ccc(OCc4ccc(Br)cc4)cc3)C(=O)N2c2ccc(CC)cc2)cc1. The van der Waals surface area contributed by atoms with Crippen LogP contribution in [0.3, 0.4) is 0 Å². The molecule has 1 aliphatic heterocycles. The van der Waals surface area contributed by atoms with Crippen molar-refractivity contribution in [3.05, 3.63) is 129 Å². The van der Waals surface area contributed by atoms with Crippen LogP contribution in [-0.4, -0.2) is 11.1 Å². The average Bonchev–Trinajstić information content (AvgIpc) is 3.27. The Labute approximate surface area is 242 Å². The number of amides is 1. The summed E-state index contributed by atoms with van der Waals surface area (Å²) in [6, 6.07) is 32.2. The molecule has 4 aromatic rings. The minimum Gasteiger partial charge on any atom is -0.489 e. The van der Waals surface area contributed by atoms with Crippen molar-refractivity contribution in [1.82, 2.24) is 0 Å². The number of ether oxygens (including phenoxy) is 1. The van der Waals surface area contributed by atoms with Crippen LogP contribution >= 0.6 is 27.7 Å². The Kier molecular flexibility index (Phi) is 8.64. The summed E-state index contributed by atoms with van der Waals surface area (Å²) in [6.45, 7) is 4.75. The summed E-state index contributed by atoms with van der Waals surface area (Å²) in [5.41, 5.74) is 6.15. The van der Waals surface area contributed by atoms with E-state index in [1.165, 1.54) is 22.9 Å². The number of nitrogens with zero attached hydrogens (tertiary/aromatic N) is 2. The summed E-state index contributed by atoms with van der Waals surface area (Å²) in [5, 5.41) is 0.647. The molecule has 39 heavy (non-hydrogen) atoms. The van der Waals surface area contributed by atoms with Crippen molar-refractivity contribution in [1.29, 1.82) is 0 Å². The third kappa shape index (κ3) is 6.70. The Balaban J connectivity index is 1.38. The normalized spacial score (nSPS) is 15.4. The van der Waals surface area contributed by atoms with E-state index in [2.05, 4.69) is 54.0 Å². The average molecular weight is 598 g/mol. The number of carbonyl (C=O) groups excluding carboxylic acids is 1. The second-order valence-corrected chi connectivity index (χ2v) is 11.1. The van der Waals surface area contributed by atoms with Gasteiger partial charge in [0.1, 0.15) is 12.4 Å². The molecule has 4 aromatic carbocycles. The van der Waals surface area contributed by atoms with Gasteiger partial charge in [-0.15, -0.1) is 0 Å². The Morgan fingerprint density at radius 3 is 2.00 bits per heavy atom. The van der Waals surface area contributed by atoms with Gasteiger partial charge in [0, 0.05) is 4.47 Å². The van der Waals surface area contributed by atoms with E-state index in [-0.39, 0.29) is 5.91 Å². The first-order valence-corrected chi connectivity index (χ1v) is 14.6. The Bertz CT molecular complexity index is 1490. The smallest absolute Gasteiger partial charge is 0.271 e. The highest BCUT2D eigenvalue weighted by atomic mass is 79.9. The van der Waals surface area contributed by atoms with Crippen molar-refractivity contribution in [3.63, 3.8) is 0 Å². The number of benzene rings is 4. The van der Waals surface area contributed by atoms with Gasteiger partial charge in [0.2, 0.25) is 0 Å². The van der Waals surface area contributed by atoms with Crippen molar-refractivity contribution < 1.29 is 9.53 Å². The van der Waals surface area contributed by atoms with Gasteiger partial charge in [0.05, 0.1) is 16.3 Å². The highest BCUT2D eigenvalue weighted by Crippen LogP contribution is 2.37. The molecule has 196 valence electrons. The van der Waals surface area contributed by atoms with Crippen LogP contribution in [0.5, 0.6) is 5.75 Å². The number of anilines is 1. The second kappa shape index (κ2) is 12.5. The largest absolute Gasteiger partial charge is 0.489 e.